The summed E-state index contributed by atoms with van der Waals surface area (Å²) in [5.41, 5.74) is 1.90. The summed E-state index contributed by atoms with van der Waals surface area (Å²) in [4.78, 5) is 26.3. The maximum atomic E-state index is 11.4. The minimum atomic E-state index is -0.688. The number of anilines is 1. The van der Waals surface area contributed by atoms with E-state index >= 15 is 0 Å². The molecule has 0 amide bonds. The quantitative estimate of drug-likeness (QED) is 0.447. The molecule has 1 aromatic carbocycles. The normalized spacial score (nSPS) is 24.0. The van der Waals surface area contributed by atoms with Crippen LogP contribution in [0.2, 0.25) is 10.0 Å². The van der Waals surface area contributed by atoms with Gasteiger partial charge in [-0.15, -0.1) is 0 Å². The number of carboxylic acids is 1. The molecule has 3 aromatic rings. The van der Waals surface area contributed by atoms with Gasteiger partial charge in [0.2, 0.25) is 0 Å². The van der Waals surface area contributed by atoms with E-state index in [0.29, 0.717) is 22.9 Å². The third-order valence-corrected chi connectivity index (χ3v) is 7.97. The van der Waals surface area contributed by atoms with Crippen molar-refractivity contribution in [1.82, 2.24) is 15.0 Å². The molecule has 7 nitrogen and oxygen atoms in total. The number of aliphatic carboxylic acids is 1. The lowest BCUT2D eigenvalue weighted by atomic mass is 9.75. The minimum Gasteiger partial charge on any atom is -0.481 e. The van der Waals surface area contributed by atoms with Crippen molar-refractivity contribution in [3.05, 3.63) is 40.5 Å². The first-order valence-corrected chi connectivity index (χ1v) is 12.5. The molecular weight excluding hydrogens is 475 g/mol. The van der Waals surface area contributed by atoms with Crippen molar-refractivity contribution < 1.29 is 14.6 Å². The van der Waals surface area contributed by atoms with E-state index < -0.39 is 11.4 Å². The highest BCUT2D eigenvalue weighted by molar-refractivity contribution is 6.42. The van der Waals surface area contributed by atoms with Crippen LogP contribution >= 0.6 is 23.2 Å². The molecular formula is C25H28Cl2N4O3. The van der Waals surface area contributed by atoms with Gasteiger partial charge in [0.1, 0.15) is 11.6 Å². The first-order chi connectivity index (χ1) is 16.3. The van der Waals surface area contributed by atoms with E-state index in [-0.39, 0.29) is 12.2 Å². The molecule has 0 bridgehead atoms. The predicted octanol–water partition coefficient (Wildman–Crippen LogP) is 5.95. The first kappa shape index (κ1) is 23.4. The van der Waals surface area contributed by atoms with Crippen molar-refractivity contribution in [3.63, 3.8) is 0 Å². The molecule has 1 saturated heterocycles. The third kappa shape index (κ3) is 4.74. The largest absolute Gasteiger partial charge is 0.481 e. The number of rotatable bonds is 5. The standard InChI is InChI=1S/C25H28Cl2N4O3/c1-25(24(32)33)8-4-16(5-9-25)34-17-6-10-31(11-7-17)22-3-2-15(14-28-22)23-29-20-12-18(26)19(27)13-21(20)30-23/h2-3,12-14,16-17H,4-11H2,1H3,(H,29,30)(H,32,33). The second kappa shape index (κ2) is 9.36. The predicted molar refractivity (Wildman–Crippen MR) is 134 cm³/mol. The number of hydrogen-bond donors (Lipinski definition) is 2. The number of imidazole rings is 1. The molecule has 0 spiro atoms. The number of piperidine rings is 1. The summed E-state index contributed by atoms with van der Waals surface area (Å²) in [6, 6.07) is 7.58. The van der Waals surface area contributed by atoms with Gasteiger partial charge in [0, 0.05) is 24.8 Å². The summed E-state index contributed by atoms with van der Waals surface area (Å²) in [5, 5.41) is 10.4. The zero-order chi connectivity index (χ0) is 23.9. The first-order valence-electron chi connectivity index (χ1n) is 11.8. The number of benzene rings is 1. The maximum Gasteiger partial charge on any atom is 0.309 e. The van der Waals surface area contributed by atoms with Gasteiger partial charge in [0.25, 0.3) is 0 Å². The van der Waals surface area contributed by atoms with Crippen molar-refractivity contribution in [3.8, 4) is 11.4 Å². The smallest absolute Gasteiger partial charge is 0.309 e. The molecule has 5 rings (SSSR count). The van der Waals surface area contributed by atoms with E-state index in [0.717, 1.165) is 67.0 Å². The second-order valence-electron chi connectivity index (χ2n) is 9.66. The van der Waals surface area contributed by atoms with Crippen LogP contribution in [-0.2, 0) is 9.53 Å². The Labute approximate surface area is 208 Å². The lowest BCUT2D eigenvalue weighted by Gasteiger charge is -2.38. The monoisotopic (exact) mass is 502 g/mol. The van der Waals surface area contributed by atoms with Crippen LogP contribution in [0.15, 0.2) is 30.5 Å². The molecule has 180 valence electrons. The van der Waals surface area contributed by atoms with Gasteiger partial charge in [0.05, 0.1) is 38.7 Å². The van der Waals surface area contributed by atoms with Gasteiger partial charge < -0.3 is 19.7 Å². The Morgan fingerprint density at radius 3 is 2.44 bits per heavy atom. The van der Waals surface area contributed by atoms with Crippen LogP contribution in [-0.4, -0.2) is 51.3 Å². The number of nitrogens with one attached hydrogen (secondary N) is 1. The summed E-state index contributed by atoms with van der Waals surface area (Å²) in [7, 11) is 0. The highest BCUT2D eigenvalue weighted by Crippen LogP contribution is 2.38. The fourth-order valence-electron chi connectivity index (χ4n) is 4.93. The molecule has 0 unspecified atom stereocenters. The van der Waals surface area contributed by atoms with Crippen LogP contribution in [0.4, 0.5) is 5.82 Å². The van der Waals surface area contributed by atoms with Crippen molar-refractivity contribution in [2.75, 3.05) is 18.0 Å². The molecule has 34 heavy (non-hydrogen) atoms. The van der Waals surface area contributed by atoms with Gasteiger partial charge in [-0.1, -0.05) is 23.2 Å². The number of aromatic nitrogens is 3. The average Bonchev–Trinajstić information content (AvgIpc) is 3.24. The number of aromatic amines is 1. The van der Waals surface area contributed by atoms with E-state index in [1.54, 1.807) is 12.1 Å². The number of ether oxygens (including phenoxy) is 1. The van der Waals surface area contributed by atoms with Crippen LogP contribution in [0.5, 0.6) is 0 Å². The minimum absolute atomic E-state index is 0.176. The second-order valence-corrected chi connectivity index (χ2v) is 10.5. The molecule has 2 fully saturated rings. The van der Waals surface area contributed by atoms with E-state index in [1.807, 2.05) is 25.3 Å². The lowest BCUT2D eigenvalue weighted by Crippen LogP contribution is -2.41. The third-order valence-electron chi connectivity index (χ3n) is 7.25. The molecule has 1 saturated carbocycles. The Morgan fingerprint density at radius 2 is 1.79 bits per heavy atom. The number of halogens is 2. The van der Waals surface area contributed by atoms with Crippen LogP contribution in [0, 0.1) is 5.41 Å². The van der Waals surface area contributed by atoms with E-state index in [2.05, 4.69) is 19.9 Å². The van der Waals surface area contributed by atoms with Gasteiger partial charge in [-0.3, -0.25) is 4.79 Å². The van der Waals surface area contributed by atoms with Crippen LogP contribution in [0.1, 0.15) is 45.4 Å². The van der Waals surface area contributed by atoms with Crippen LogP contribution in [0.3, 0.4) is 0 Å². The molecule has 0 atom stereocenters. The Hall–Kier alpha value is -2.35. The number of H-pyrrole nitrogens is 1. The van der Waals surface area contributed by atoms with Crippen molar-refractivity contribution >= 4 is 46.0 Å². The Morgan fingerprint density at radius 1 is 1.12 bits per heavy atom. The number of pyridine rings is 1. The summed E-state index contributed by atoms with van der Waals surface area (Å²) in [6.07, 6.45) is 7.15. The van der Waals surface area contributed by atoms with Crippen molar-refractivity contribution in [1.29, 1.82) is 0 Å². The molecule has 2 aliphatic rings. The summed E-state index contributed by atoms with van der Waals surface area (Å²) in [6.45, 7) is 3.62. The fourth-order valence-corrected chi connectivity index (χ4v) is 5.25. The Bertz CT molecular complexity index is 1140. The summed E-state index contributed by atoms with van der Waals surface area (Å²) >= 11 is 12.2. The van der Waals surface area contributed by atoms with Gasteiger partial charge in [-0.05, 0) is 69.7 Å². The summed E-state index contributed by atoms with van der Waals surface area (Å²) in [5.74, 6) is 0.983. The summed E-state index contributed by atoms with van der Waals surface area (Å²) < 4.78 is 6.34. The van der Waals surface area contributed by atoms with E-state index in [1.165, 1.54) is 0 Å². The zero-order valence-corrected chi connectivity index (χ0v) is 20.6. The Kier molecular flexibility index (Phi) is 6.44. The van der Waals surface area contributed by atoms with E-state index in [9.17, 15) is 9.90 Å². The lowest BCUT2D eigenvalue weighted by molar-refractivity contribution is -0.152. The molecule has 0 radical (unpaired) electrons. The van der Waals surface area contributed by atoms with Crippen molar-refractivity contribution in [2.24, 2.45) is 5.41 Å². The molecule has 1 aliphatic heterocycles. The SMILES string of the molecule is CC1(C(=O)O)CCC(OC2CCN(c3ccc(-c4nc5cc(Cl)c(Cl)cc5[nH]4)cn3)CC2)CC1. The fraction of sp³-hybridized carbons (Fsp3) is 0.480. The van der Waals surface area contributed by atoms with Crippen molar-refractivity contribution in [2.45, 2.75) is 57.7 Å². The maximum absolute atomic E-state index is 11.4. The topological polar surface area (TPSA) is 91.3 Å². The van der Waals surface area contributed by atoms with Gasteiger partial charge >= 0.3 is 5.97 Å². The highest BCUT2D eigenvalue weighted by atomic mass is 35.5. The molecule has 2 aromatic heterocycles. The number of fused-ring (bicyclic) bond motifs is 1. The molecule has 9 heteroatoms. The number of carboxylic acid groups (broad SMARTS) is 1. The van der Waals surface area contributed by atoms with E-state index in [4.69, 9.17) is 27.9 Å². The number of hydrogen-bond acceptors (Lipinski definition) is 5. The van der Waals surface area contributed by atoms with Gasteiger partial charge in [0.15, 0.2) is 0 Å². The van der Waals surface area contributed by atoms with Gasteiger partial charge in [-0.2, -0.15) is 0 Å². The highest BCUT2D eigenvalue weighted by Gasteiger charge is 2.38. The van der Waals surface area contributed by atoms with Crippen LogP contribution < -0.4 is 4.90 Å². The molecule has 1 aliphatic carbocycles. The van der Waals surface area contributed by atoms with Crippen LogP contribution in [0.25, 0.3) is 22.4 Å². The number of carbonyl (C=O) groups is 1. The van der Waals surface area contributed by atoms with Gasteiger partial charge in [-0.25, -0.2) is 9.97 Å². The zero-order valence-electron chi connectivity index (χ0n) is 19.1. The average molecular weight is 503 g/mol. The molecule has 3 heterocycles. The Balaban J connectivity index is 1.16. The number of nitrogens with zero attached hydrogens (tertiary/aromatic N) is 3. The molecule has 2 N–H and O–H groups in total.